The monoisotopic (exact) mass is 396 g/mol. The molecule has 1 aromatic carbocycles. The highest BCUT2D eigenvalue weighted by molar-refractivity contribution is 7.92. The Labute approximate surface area is 153 Å². The zero-order chi connectivity index (χ0) is 17.3. The summed E-state index contributed by atoms with van der Waals surface area (Å²) in [5.74, 6) is 2.56. The van der Waals surface area contributed by atoms with E-state index in [0.29, 0.717) is 9.14 Å². The van der Waals surface area contributed by atoms with Gasteiger partial charge in [-0.25, -0.2) is 0 Å². The average Bonchev–Trinajstić information content (AvgIpc) is 3.12. The van der Waals surface area contributed by atoms with Crippen LogP contribution in [0.1, 0.15) is 12.5 Å². The molecule has 0 unspecified atom stereocenters. The number of thiazole rings is 1. The van der Waals surface area contributed by atoms with Gasteiger partial charge in [0.1, 0.15) is 4.21 Å². The van der Waals surface area contributed by atoms with E-state index in [1.807, 2.05) is 18.2 Å². The van der Waals surface area contributed by atoms with Crippen molar-refractivity contribution >= 4 is 54.5 Å². The summed E-state index contributed by atoms with van der Waals surface area (Å²) in [5.41, 5.74) is 2.06. The molecule has 2 aromatic heterocycles. The maximum atomic E-state index is 12.5. The SMILES string of the molecule is C#CCn1/c(=N/S(=O)(=O)c2ccc(Cl)s2)sc2cc(CC)ccc21. The molecule has 0 N–H and O–H groups in total. The second-order valence-electron chi connectivity index (χ2n) is 4.96. The van der Waals surface area contributed by atoms with Gasteiger partial charge in [0.25, 0.3) is 10.0 Å². The summed E-state index contributed by atoms with van der Waals surface area (Å²) in [6.07, 6.45) is 6.35. The van der Waals surface area contributed by atoms with Gasteiger partial charge >= 0.3 is 0 Å². The van der Waals surface area contributed by atoms with Crippen molar-refractivity contribution in [1.29, 1.82) is 0 Å². The van der Waals surface area contributed by atoms with E-state index >= 15 is 0 Å². The summed E-state index contributed by atoms with van der Waals surface area (Å²) in [7, 11) is -3.82. The molecular formula is C16H13ClN2O2S3. The summed E-state index contributed by atoms with van der Waals surface area (Å²) in [5, 5.41) is 0. The van der Waals surface area contributed by atoms with E-state index in [1.165, 1.54) is 23.0 Å². The fraction of sp³-hybridized carbons (Fsp3) is 0.188. The van der Waals surface area contributed by atoms with Gasteiger partial charge in [-0.3, -0.25) is 0 Å². The van der Waals surface area contributed by atoms with Crippen molar-refractivity contribution < 1.29 is 8.42 Å². The highest BCUT2D eigenvalue weighted by atomic mass is 35.5. The van der Waals surface area contributed by atoms with Gasteiger partial charge in [0, 0.05) is 0 Å². The van der Waals surface area contributed by atoms with Gasteiger partial charge in [-0.2, -0.15) is 8.42 Å². The second kappa shape index (κ2) is 6.73. The summed E-state index contributed by atoms with van der Waals surface area (Å²) in [6, 6.07) is 9.01. The normalized spacial score (nSPS) is 12.6. The maximum absolute atomic E-state index is 12.5. The number of halogens is 1. The van der Waals surface area contributed by atoms with Gasteiger partial charge in [0.2, 0.25) is 4.80 Å². The lowest BCUT2D eigenvalue weighted by molar-refractivity contribution is 0.598. The number of rotatable bonds is 4. The van der Waals surface area contributed by atoms with Crippen molar-refractivity contribution in [2.45, 2.75) is 24.1 Å². The molecule has 0 aliphatic rings. The Morgan fingerprint density at radius 1 is 1.29 bits per heavy atom. The Balaban J connectivity index is 2.24. The Morgan fingerprint density at radius 2 is 2.08 bits per heavy atom. The standard InChI is InChI=1S/C16H13ClN2O2S3/c1-3-9-19-12-6-5-11(4-2)10-13(12)22-16(19)18-24(20,21)15-8-7-14(17)23-15/h1,5-8,10H,4,9H2,2H3/b18-16-. The van der Waals surface area contributed by atoms with Crippen molar-refractivity contribution in [2.24, 2.45) is 4.40 Å². The number of thiophene rings is 1. The number of terminal acetylenes is 1. The number of aryl methyl sites for hydroxylation is 1. The molecule has 0 amide bonds. The average molecular weight is 397 g/mol. The Bertz CT molecular complexity index is 1110. The molecule has 0 saturated heterocycles. The number of sulfonamides is 1. The first kappa shape index (κ1) is 17.2. The molecular weight excluding hydrogens is 384 g/mol. The predicted octanol–water partition coefficient (Wildman–Crippen LogP) is 3.90. The zero-order valence-corrected chi connectivity index (χ0v) is 15.9. The van der Waals surface area contributed by atoms with E-state index in [1.54, 1.807) is 10.6 Å². The molecule has 2 heterocycles. The van der Waals surface area contributed by atoms with E-state index in [9.17, 15) is 8.42 Å². The Hall–Kier alpha value is -1.59. The van der Waals surface area contributed by atoms with E-state index in [0.717, 1.165) is 28.0 Å². The first-order valence-corrected chi connectivity index (χ1v) is 10.5. The van der Waals surface area contributed by atoms with Crippen molar-refractivity contribution in [3.05, 3.63) is 45.0 Å². The molecule has 4 nitrogen and oxygen atoms in total. The zero-order valence-electron chi connectivity index (χ0n) is 12.7. The Kier molecular flexibility index (Phi) is 4.83. The van der Waals surface area contributed by atoms with Crippen molar-refractivity contribution in [3.8, 4) is 12.3 Å². The first-order valence-electron chi connectivity index (χ1n) is 7.06. The van der Waals surface area contributed by atoms with Crippen LogP contribution >= 0.6 is 34.3 Å². The van der Waals surface area contributed by atoms with Crippen LogP contribution in [0.5, 0.6) is 0 Å². The van der Waals surface area contributed by atoms with Crippen LogP contribution in [0.4, 0.5) is 0 Å². The molecule has 0 radical (unpaired) electrons. The third-order valence-electron chi connectivity index (χ3n) is 3.41. The van der Waals surface area contributed by atoms with Gasteiger partial charge in [-0.05, 0) is 36.2 Å². The minimum atomic E-state index is -3.82. The minimum Gasteiger partial charge on any atom is -0.304 e. The number of hydrogen-bond donors (Lipinski definition) is 0. The molecule has 3 aromatic rings. The quantitative estimate of drug-likeness (QED) is 0.628. The summed E-state index contributed by atoms with van der Waals surface area (Å²) in [6.45, 7) is 2.32. The summed E-state index contributed by atoms with van der Waals surface area (Å²) < 4.78 is 32.2. The lowest BCUT2D eigenvalue weighted by atomic mass is 10.2. The highest BCUT2D eigenvalue weighted by Gasteiger charge is 2.17. The van der Waals surface area contributed by atoms with Gasteiger partial charge in [-0.1, -0.05) is 41.8 Å². The van der Waals surface area contributed by atoms with Crippen LogP contribution in [-0.4, -0.2) is 13.0 Å². The van der Waals surface area contributed by atoms with Crippen LogP contribution in [0.25, 0.3) is 10.2 Å². The topological polar surface area (TPSA) is 51.4 Å². The molecule has 0 spiro atoms. The van der Waals surface area contributed by atoms with Crippen LogP contribution in [-0.2, 0) is 23.0 Å². The fourth-order valence-electron chi connectivity index (χ4n) is 2.24. The van der Waals surface area contributed by atoms with Gasteiger partial charge in [0.05, 0.1) is 21.1 Å². The molecule has 8 heteroatoms. The molecule has 0 saturated carbocycles. The van der Waals surface area contributed by atoms with Crippen molar-refractivity contribution in [2.75, 3.05) is 0 Å². The highest BCUT2D eigenvalue weighted by Crippen LogP contribution is 2.27. The minimum absolute atomic E-state index is 0.117. The molecule has 0 bridgehead atoms. The second-order valence-corrected chi connectivity index (χ2v) is 9.51. The number of fused-ring (bicyclic) bond motifs is 1. The van der Waals surface area contributed by atoms with Gasteiger partial charge in [0.15, 0.2) is 0 Å². The predicted molar refractivity (Wildman–Crippen MR) is 100 cm³/mol. The van der Waals surface area contributed by atoms with E-state index in [2.05, 4.69) is 17.2 Å². The molecule has 0 aliphatic heterocycles. The van der Waals surface area contributed by atoms with Crippen molar-refractivity contribution in [3.63, 3.8) is 0 Å². The fourth-order valence-corrected chi connectivity index (χ4v) is 5.99. The van der Waals surface area contributed by atoms with E-state index in [-0.39, 0.29) is 10.8 Å². The van der Waals surface area contributed by atoms with E-state index in [4.69, 9.17) is 18.0 Å². The lowest BCUT2D eigenvalue weighted by Gasteiger charge is -2.01. The van der Waals surface area contributed by atoms with Crippen LogP contribution in [0.2, 0.25) is 4.34 Å². The van der Waals surface area contributed by atoms with E-state index < -0.39 is 10.0 Å². The maximum Gasteiger partial charge on any atom is 0.294 e. The van der Waals surface area contributed by atoms with Gasteiger partial charge in [-0.15, -0.1) is 22.2 Å². The summed E-state index contributed by atoms with van der Waals surface area (Å²) in [4.78, 5) is 0.362. The molecule has 0 atom stereocenters. The molecule has 0 aliphatic carbocycles. The smallest absolute Gasteiger partial charge is 0.294 e. The van der Waals surface area contributed by atoms with Crippen molar-refractivity contribution in [1.82, 2.24) is 4.57 Å². The first-order chi connectivity index (χ1) is 11.4. The third kappa shape index (κ3) is 3.28. The molecule has 124 valence electrons. The van der Waals surface area contributed by atoms with Crippen LogP contribution in [0.3, 0.4) is 0 Å². The van der Waals surface area contributed by atoms with Crippen LogP contribution in [0, 0.1) is 12.3 Å². The number of nitrogens with zero attached hydrogens (tertiary/aromatic N) is 2. The van der Waals surface area contributed by atoms with Gasteiger partial charge < -0.3 is 4.57 Å². The number of aromatic nitrogens is 1. The molecule has 0 fully saturated rings. The number of hydrogen-bond acceptors (Lipinski definition) is 4. The molecule has 3 rings (SSSR count). The van der Waals surface area contributed by atoms with Crippen LogP contribution in [0.15, 0.2) is 38.9 Å². The summed E-state index contributed by atoms with van der Waals surface area (Å²) >= 11 is 8.13. The van der Waals surface area contributed by atoms with Crippen LogP contribution < -0.4 is 4.80 Å². The third-order valence-corrected chi connectivity index (χ3v) is 7.53. The lowest BCUT2D eigenvalue weighted by Crippen LogP contribution is -2.16. The number of benzene rings is 1. The Morgan fingerprint density at radius 3 is 2.71 bits per heavy atom. The molecule has 24 heavy (non-hydrogen) atoms. The largest absolute Gasteiger partial charge is 0.304 e.